The molecular formula is C23H22BrN3O3S. The minimum Gasteiger partial charge on any atom is -0.493 e. The molecule has 8 heteroatoms. The molecule has 0 aliphatic heterocycles. The van der Waals surface area contributed by atoms with Crippen LogP contribution in [-0.4, -0.2) is 28.3 Å². The van der Waals surface area contributed by atoms with Crippen LogP contribution in [0.5, 0.6) is 11.5 Å². The van der Waals surface area contributed by atoms with Gasteiger partial charge in [-0.15, -0.1) is 5.10 Å². The highest BCUT2D eigenvalue weighted by atomic mass is 79.9. The monoisotopic (exact) mass is 499 g/mol. The average molecular weight is 500 g/mol. The van der Waals surface area contributed by atoms with E-state index < -0.39 is 0 Å². The summed E-state index contributed by atoms with van der Waals surface area (Å²) in [4.78, 5) is 17.9. The Morgan fingerprint density at radius 1 is 1.13 bits per heavy atom. The predicted molar refractivity (Wildman–Crippen MR) is 127 cm³/mol. The topological polar surface area (TPSA) is 65.7 Å². The van der Waals surface area contributed by atoms with Crippen molar-refractivity contribution < 1.29 is 9.47 Å². The van der Waals surface area contributed by atoms with Crippen molar-refractivity contribution in [3.05, 3.63) is 67.4 Å². The third-order valence-corrected chi connectivity index (χ3v) is 6.26. The molecule has 4 aromatic rings. The molecule has 160 valence electrons. The van der Waals surface area contributed by atoms with Gasteiger partial charge in [-0.1, -0.05) is 65.2 Å². The van der Waals surface area contributed by atoms with Crippen molar-refractivity contribution in [2.45, 2.75) is 26.2 Å². The van der Waals surface area contributed by atoms with Crippen molar-refractivity contribution in [2.75, 3.05) is 13.7 Å². The van der Waals surface area contributed by atoms with Gasteiger partial charge in [-0.2, -0.15) is 9.50 Å². The number of halogens is 1. The molecule has 0 unspecified atom stereocenters. The van der Waals surface area contributed by atoms with Crippen LogP contribution in [0, 0.1) is 0 Å². The fourth-order valence-electron chi connectivity index (χ4n) is 3.13. The van der Waals surface area contributed by atoms with E-state index >= 15 is 0 Å². The maximum Gasteiger partial charge on any atom is 0.291 e. The van der Waals surface area contributed by atoms with E-state index in [9.17, 15) is 4.79 Å². The van der Waals surface area contributed by atoms with Gasteiger partial charge in [0.1, 0.15) is 0 Å². The van der Waals surface area contributed by atoms with Gasteiger partial charge in [0.15, 0.2) is 17.3 Å². The van der Waals surface area contributed by atoms with Crippen molar-refractivity contribution >= 4 is 38.3 Å². The molecule has 2 aromatic carbocycles. The lowest BCUT2D eigenvalue weighted by atomic mass is 10.2. The predicted octanol–water partition coefficient (Wildman–Crippen LogP) is 4.71. The summed E-state index contributed by atoms with van der Waals surface area (Å²) in [5.74, 6) is 1.89. The number of unbranched alkanes of at least 4 members (excludes halogenated alkanes) is 2. The van der Waals surface area contributed by atoms with Crippen LogP contribution in [0.1, 0.15) is 31.7 Å². The fourth-order valence-corrected chi connectivity index (χ4v) is 4.31. The van der Waals surface area contributed by atoms with Crippen molar-refractivity contribution in [3.63, 3.8) is 0 Å². The first-order valence-corrected chi connectivity index (χ1v) is 11.7. The van der Waals surface area contributed by atoms with Gasteiger partial charge in [-0.3, -0.25) is 4.79 Å². The number of fused-ring (bicyclic) bond motifs is 1. The van der Waals surface area contributed by atoms with Crippen LogP contribution >= 0.6 is 27.3 Å². The maximum atomic E-state index is 12.8. The lowest BCUT2D eigenvalue weighted by Crippen LogP contribution is -2.23. The van der Waals surface area contributed by atoms with Crippen molar-refractivity contribution in [1.82, 2.24) is 14.6 Å². The van der Waals surface area contributed by atoms with Gasteiger partial charge < -0.3 is 9.47 Å². The molecule has 0 atom stereocenters. The van der Waals surface area contributed by atoms with E-state index in [0.717, 1.165) is 34.9 Å². The molecule has 31 heavy (non-hydrogen) atoms. The highest BCUT2D eigenvalue weighted by molar-refractivity contribution is 9.10. The maximum absolute atomic E-state index is 12.8. The van der Waals surface area contributed by atoms with Crippen LogP contribution < -0.4 is 19.6 Å². The van der Waals surface area contributed by atoms with Gasteiger partial charge in [0.2, 0.25) is 4.96 Å². The van der Waals surface area contributed by atoms with Crippen LogP contribution in [0.3, 0.4) is 0 Å². The van der Waals surface area contributed by atoms with E-state index in [2.05, 4.69) is 32.9 Å². The third-order valence-electron chi connectivity index (χ3n) is 4.78. The van der Waals surface area contributed by atoms with Gasteiger partial charge in [0, 0.05) is 10.0 Å². The zero-order valence-electron chi connectivity index (χ0n) is 17.3. The summed E-state index contributed by atoms with van der Waals surface area (Å²) in [5.41, 5.74) is 1.53. The van der Waals surface area contributed by atoms with Crippen LogP contribution in [0.15, 0.2) is 51.7 Å². The number of benzene rings is 2. The second-order valence-electron chi connectivity index (χ2n) is 7.02. The lowest BCUT2D eigenvalue weighted by Gasteiger charge is -2.11. The minimum absolute atomic E-state index is 0.185. The van der Waals surface area contributed by atoms with Crippen molar-refractivity contribution in [2.24, 2.45) is 0 Å². The van der Waals surface area contributed by atoms with Crippen LogP contribution in [0.4, 0.5) is 0 Å². The van der Waals surface area contributed by atoms with Crippen LogP contribution in [0.2, 0.25) is 0 Å². The molecule has 0 fully saturated rings. The summed E-state index contributed by atoms with van der Waals surface area (Å²) >= 11 is 4.73. The van der Waals surface area contributed by atoms with Gasteiger partial charge >= 0.3 is 0 Å². The SMILES string of the molecule is CCCCCOc1ccc(/C=c2\sc3nc(-c4ccc(Br)cc4)nn3c2=O)cc1OC. The molecule has 2 aromatic heterocycles. The number of hydrogen-bond acceptors (Lipinski definition) is 6. The first kappa shape index (κ1) is 21.5. The summed E-state index contributed by atoms with van der Waals surface area (Å²) in [6.07, 6.45) is 5.12. The Bertz CT molecular complexity index is 1300. The normalized spacial score (nSPS) is 11.9. The van der Waals surface area contributed by atoms with E-state index in [-0.39, 0.29) is 5.56 Å². The second-order valence-corrected chi connectivity index (χ2v) is 8.94. The molecule has 0 aliphatic rings. The molecule has 0 saturated carbocycles. The molecular weight excluding hydrogens is 478 g/mol. The van der Waals surface area contributed by atoms with Gasteiger partial charge in [-0.25, -0.2) is 0 Å². The van der Waals surface area contributed by atoms with E-state index in [0.29, 0.717) is 33.4 Å². The van der Waals surface area contributed by atoms with Gasteiger partial charge in [0.05, 0.1) is 18.2 Å². The zero-order chi connectivity index (χ0) is 21.8. The molecule has 0 N–H and O–H groups in total. The number of thiazole rings is 1. The number of hydrogen-bond donors (Lipinski definition) is 0. The van der Waals surface area contributed by atoms with E-state index in [1.54, 1.807) is 7.11 Å². The molecule has 0 spiro atoms. The van der Waals surface area contributed by atoms with Gasteiger partial charge in [0.25, 0.3) is 5.56 Å². The Morgan fingerprint density at radius 3 is 2.65 bits per heavy atom. The van der Waals surface area contributed by atoms with Crippen LogP contribution in [-0.2, 0) is 0 Å². The average Bonchev–Trinajstić information content (AvgIpc) is 3.32. The number of methoxy groups -OCH3 is 1. The molecule has 6 nitrogen and oxygen atoms in total. The van der Waals surface area contributed by atoms with Crippen LogP contribution in [0.25, 0.3) is 22.4 Å². The standard InChI is InChI=1S/C23H22BrN3O3S/c1-3-4-5-12-30-18-11-6-15(13-19(18)29-2)14-20-22(28)27-23(31-20)25-21(26-27)16-7-9-17(24)10-8-16/h6-11,13-14H,3-5,12H2,1-2H3/b20-14-. The lowest BCUT2D eigenvalue weighted by molar-refractivity contribution is 0.286. The first-order chi connectivity index (χ1) is 15.1. The summed E-state index contributed by atoms with van der Waals surface area (Å²) in [7, 11) is 1.61. The summed E-state index contributed by atoms with van der Waals surface area (Å²) in [6, 6.07) is 13.3. The van der Waals surface area contributed by atoms with Crippen molar-refractivity contribution in [1.29, 1.82) is 0 Å². The number of aromatic nitrogens is 3. The molecule has 0 radical (unpaired) electrons. The molecule has 0 amide bonds. The second kappa shape index (κ2) is 9.62. The third kappa shape index (κ3) is 4.80. The Hall–Kier alpha value is -2.71. The molecule has 0 saturated heterocycles. The number of ether oxygens (including phenoxy) is 2. The Labute approximate surface area is 192 Å². The van der Waals surface area contributed by atoms with E-state index in [4.69, 9.17) is 9.47 Å². The highest BCUT2D eigenvalue weighted by Crippen LogP contribution is 2.28. The number of rotatable bonds is 8. The molecule has 2 heterocycles. The Kier molecular flexibility index (Phi) is 6.67. The first-order valence-electron chi connectivity index (χ1n) is 10.1. The summed E-state index contributed by atoms with van der Waals surface area (Å²) in [6.45, 7) is 2.82. The number of nitrogens with zero attached hydrogens (tertiary/aromatic N) is 3. The highest BCUT2D eigenvalue weighted by Gasteiger charge is 2.12. The smallest absolute Gasteiger partial charge is 0.291 e. The largest absolute Gasteiger partial charge is 0.493 e. The Balaban J connectivity index is 1.61. The summed E-state index contributed by atoms with van der Waals surface area (Å²) in [5, 5.41) is 4.39. The zero-order valence-corrected chi connectivity index (χ0v) is 19.7. The molecule has 0 bridgehead atoms. The molecule has 0 aliphatic carbocycles. The minimum atomic E-state index is -0.185. The summed E-state index contributed by atoms with van der Waals surface area (Å²) < 4.78 is 14.2. The van der Waals surface area contributed by atoms with Crippen molar-refractivity contribution in [3.8, 4) is 22.9 Å². The quantitative estimate of drug-likeness (QED) is 0.328. The fraction of sp³-hybridized carbons (Fsp3) is 0.261. The molecule has 4 rings (SSSR count). The van der Waals surface area contributed by atoms with E-state index in [1.165, 1.54) is 15.9 Å². The van der Waals surface area contributed by atoms with Gasteiger partial charge in [-0.05, 0) is 42.3 Å². The Morgan fingerprint density at radius 2 is 1.94 bits per heavy atom. The van der Waals surface area contributed by atoms with E-state index in [1.807, 2.05) is 48.5 Å².